The van der Waals surface area contributed by atoms with Crippen LogP contribution in [0, 0.1) is 0 Å². The molecule has 0 unspecified atom stereocenters. The van der Waals surface area contributed by atoms with Gasteiger partial charge in [0.2, 0.25) is 0 Å². The second-order valence-corrected chi connectivity index (χ2v) is 8.23. The third-order valence-electron chi connectivity index (χ3n) is 3.09. The molecule has 1 rings (SSSR count). The fourth-order valence-electron chi connectivity index (χ4n) is 2.09. The molecule has 1 aromatic rings. The zero-order valence-corrected chi connectivity index (χ0v) is 14.9. The van der Waals surface area contributed by atoms with Crippen LogP contribution in [0.4, 0.5) is 11.4 Å². The van der Waals surface area contributed by atoms with E-state index in [1.807, 2.05) is 0 Å². The third kappa shape index (κ3) is 8.91. The van der Waals surface area contributed by atoms with Crippen LogP contribution in [-0.2, 0) is 20.2 Å². The SMILES string of the molecule is C/N=N\c1ccc(N(CCCS(=O)(=O)O)CCCS(=O)(=O)O)cc1. The van der Waals surface area contributed by atoms with E-state index in [0.717, 1.165) is 5.69 Å². The molecule has 0 bridgehead atoms. The quantitative estimate of drug-likeness (QED) is 0.467. The minimum Gasteiger partial charge on any atom is -0.371 e. The highest BCUT2D eigenvalue weighted by Gasteiger charge is 2.12. The molecular formula is C13H21N3O6S2. The lowest BCUT2D eigenvalue weighted by Gasteiger charge is -2.24. The number of benzene rings is 1. The van der Waals surface area contributed by atoms with E-state index in [0.29, 0.717) is 18.8 Å². The highest BCUT2D eigenvalue weighted by molar-refractivity contribution is 7.86. The summed E-state index contributed by atoms with van der Waals surface area (Å²) in [6, 6.07) is 6.96. The van der Waals surface area contributed by atoms with Gasteiger partial charge in [0.1, 0.15) is 0 Å². The second kappa shape index (κ2) is 9.06. The molecule has 0 aliphatic heterocycles. The highest BCUT2D eigenvalue weighted by Crippen LogP contribution is 2.20. The summed E-state index contributed by atoms with van der Waals surface area (Å²) in [6.45, 7) is 0.611. The van der Waals surface area contributed by atoms with Crippen LogP contribution in [0.5, 0.6) is 0 Å². The van der Waals surface area contributed by atoms with Crippen LogP contribution in [0.1, 0.15) is 12.8 Å². The van der Waals surface area contributed by atoms with E-state index >= 15 is 0 Å². The molecule has 0 saturated carbocycles. The van der Waals surface area contributed by atoms with E-state index in [9.17, 15) is 16.8 Å². The first kappa shape index (κ1) is 20.5. The molecule has 11 heteroatoms. The van der Waals surface area contributed by atoms with Gasteiger partial charge in [0.05, 0.1) is 17.2 Å². The number of hydrogen-bond donors (Lipinski definition) is 2. The molecule has 2 N–H and O–H groups in total. The van der Waals surface area contributed by atoms with Crippen molar-refractivity contribution in [3.8, 4) is 0 Å². The van der Waals surface area contributed by atoms with E-state index in [1.165, 1.54) is 0 Å². The van der Waals surface area contributed by atoms with E-state index in [-0.39, 0.29) is 24.3 Å². The first-order valence-electron chi connectivity index (χ1n) is 7.16. The number of azo groups is 1. The number of rotatable bonds is 10. The van der Waals surface area contributed by atoms with Gasteiger partial charge in [-0.25, -0.2) is 0 Å². The fraction of sp³-hybridized carbons (Fsp3) is 0.538. The Morgan fingerprint density at radius 2 is 1.38 bits per heavy atom. The largest absolute Gasteiger partial charge is 0.371 e. The molecule has 9 nitrogen and oxygen atoms in total. The molecule has 0 saturated heterocycles. The van der Waals surface area contributed by atoms with Crippen molar-refractivity contribution in [2.75, 3.05) is 36.5 Å². The summed E-state index contributed by atoms with van der Waals surface area (Å²) in [5.41, 5.74) is 1.40. The van der Waals surface area contributed by atoms with Crippen LogP contribution < -0.4 is 4.90 Å². The Kier molecular flexibility index (Phi) is 7.73. The van der Waals surface area contributed by atoms with Gasteiger partial charge in [0, 0.05) is 25.8 Å². The number of hydrogen-bond acceptors (Lipinski definition) is 7. The summed E-state index contributed by atoms with van der Waals surface area (Å²) in [5.74, 6) is -0.770. The molecule has 0 radical (unpaired) electrons. The molecule has 24 heavy (non-hydrogen) atoms. The predicted octanol–water partition coefficient (Wildman–Crippen LogP) is 1.76. The van der Waals surface area contributed by atoms with E-state index < -0.39 is 20.2 Å². The van der Waals surface area contributed by atoms with Gasteiger partial charge in [-0.05, 0) is 37.1 Å². The molecule has 0 aliphatic carbocycles. The second-order valence-electron chi connectivity index (χ2n) is 5.08. The van der Waals surface area contributed by atoms with Gasteiger partial charge >= 0.3 is 0 Å². The van der Waals surface area contributed by atoms with Gasteiger partial charge in [-0.3, -0.25) is 9.11 Å². The maximum Gasteiger partial charge on any atom is 0.264 e. The van der Waals surface area contributed by atoms with Crippen LogP contribution >= 0.6 is 0 Å². The summed E-state index contributed by atoms with van der Waals surface area (Å²) in [6.07, 6.45) is 0.363. The monoisotopic (exact) mass is 379 g/mol. The van der Waals surface area contributed by atoms with Crippen molar-refractivity contribution in [1.29, 1.82) is 0 Å². The van der Waals surface area contributed by atoms with E-state index in [2.05, 4.69) is 10.2 Å². The molecule has 0 amide bonds. The lowest BCUT2D eigenvalue weighted by Crippen LogP contribution is -2.28. The number of anilines is 1. The van der Waals surface area contributed by atoms with Crippen LogP contribution in [0.3, 0.4) is 0 Å². The molecule has 0 aromatic heterocycles. The molecule has 136 valence electrons. The molecular weight excluding hydrogens is 358 g/mol. The minimum absolute atomic E-state index is 0.182. The standard InChI is InChI=1S/C13H21N3O6S2/c1-14-15-12-4-6-13(7-5-12)16(8-2-10-23(17,18)19)9-3-11-24(20,21)22/h4-7H,2-3,8-11H2,1H3,(H,17,18,19)(H,20,21,22)/b15-14-. The summed E-state index contributed by atoms with van der Waals surface area (Å²) < 4.78 is 60.8. The first-order valence-corrected chi connectivity index (χ1v) is 10.4. The average Bonchev–Trinajstić information content (AvgIpc) is 2.44. The van der Waals surface area contributed by atoms with Crippen LogP contribution in [0.15, 0.2) is 34.5 Å². The Labute approximate surface area is 141 Å². The minimum atomic E-state index is -4.05. The van der Waals surface area contributed by atoms with Crippen LogP contribution in [0.25, 0.3) is 0 Å². The molecule has 1 aromatic carbocycles. The lowest BCUT2D eigenvalue weighted by atomic mass is 10.2. The van der Waals surface area contributed by atoms with Gasteiger partial charge in [0.25, 0.3) is 20.2 Å². The topological polar surface area (TPSA) is 137 Å². The smallest absolute Gasteiger partial charge is 0.264 e. The van der Waals surface area contributed by atoms with Crippen molar-refractivity contribution in [3.63, 3.8) is 0 Å². The van der Waals surface area contributed by atoms with Crippen molar-refractivity contribution < 1.29 is 25.9 Å². The van der Waals surface area contributed by atoms with Crippen molar-refractivity contribution in [2.45, 2.75) is 12.8 Å². The zero-order chi connectivity index (χ0) is 18.2. The van der Waals surface area contributed by atoms with Gasteiger partial charge in [-0.1, -0.05) is 0 Å². The van der Waals surface area contributed by atoms with Gasteiger partial charge < -0.3 is 4.90 Å². The van der Waals surface area contributed by atoms with E-state index in [4.69, 9.17) is 9.11 Å². The Morgan fingerprint density at radius 1 is 0.917 bits per heavy atom. The lowest BCUT2D eigenvalue weighted by molar-refractivity contribution is 0.480. The van der Waals surface area contributed by atoms with Crippen molar-refractivity contribution >= 4 is 31.6 Å². The molecule has 0 fully saturated rings. The summed E-state index contributed by atoms with van der Waals surface area (Å²) in [5, 5.41) is 7.53. The van der Waals surface area contributed by atoms with Gasteiger partial charge in [-0.15, -0.1) is 0 Å². The first-order chi connectivity index (χ1) is 11.1. The summed E-state index contributed by atoms with van der Waals surface area (Å²) in [7, 11) is -6.55. The zero-order valence-electron chi connectivity index (χ0n) is 13.2. The summed E-state index contributed by atoms with van der Waals surface area (Å²) >= 11 is 0. The Morgan fingerprint density at radius 3 is 1.75 bits per heavy atom. The predicted molar refractivity (Wildman–Crippen MR) is 91.2 cm³/mol. The maximum absolute atomic E-state index is 10.8. The Bertz CT molecular complexity index is 706. The van der Waals surface area contributed by atoms with Crippen LogP contribution in [0.2, 0.25) is 0 Å². The number of nitrogens with zero attached hydrogens (tertiary/aromatic N) is 3. The third-order valence-corrected chi connectivity index (χ3v) is 4.70. The normalized spacial score (nSPS) is 12.6. The maximum atomic E-state index is 10.8. The Balaban J connectivity index is 2.78. The highest BCUT2D eigenvalue weighted by atomic mass is 32.2. The van der Waals surface area contributed by atoms with Crippen LogP contribution in [-0.4, -0.2) is 57.6 Å². The molecule has 0 spiro atoms. The molecule has 0 aliphatic rings. The van der Waals surface area contributed by atoms with Gasteiger partial charge in [0.15, 0.2) is 0 Å². The molecule has 0 heterocycles. The average molecular weight is 379 g/mol. The van der Waals surface area contributed by atoms with Crippen molar-refractivity contribution in [3.05, 3.63) is 24.3 Å². The summed E-state index contributed by atoms with van der Waals surface area (Å²) in [4.78, 5) is 1.78. The van der Waals surface area contributed by atoms with E-state index in [1.54, 1.807) is 36.2 Å². The molecule has 0 atom stereocenters. The van der Waals surface area contributed by atoms with Crippen molar-refractivity contribution in [1.82, 2.24) is 0 Å². The van der Waals surface area contributed by atoms with Crippen molar-refractivity contribution in [2.24, 2.45) is 10.2 Å². The Hall–Kier alpha value is -1.56. The van der Waals surface area contributed by atoms with Gasteiger partial charge in [-0.2, -0.15) is 27.1 Å². The fourth-order valence-corrected chi connectivity index (χ4v) is 3.08.